The van der Waals surface area contributed by atoms with E-state index >= 15 is 0 Å². The molecule has 1 atom stereocenters. The zero-order valence-electron chi connectivity index (χ0n) is 11.1. The van der Waals surface area contributed by atoms with E-state index in [1.807, 2.05) is 12.1 Å². The molecule has 1 unspecified atom stereocenters. The molecule has 104 valence electrons. The molecule has 1 aliphatic heterocycles. The molecule has 1 saturated heterocycles. The molecule has 0 aromatic carbocycles. The Morgan fingerprint density at radius 2 is 2.47 bits per heavy atom. The van der Waals surface area contributed by atoms with Gasteiger partial charge < -0.3 is 15.3 Å². The lowest BCUT2D eigenvalue weighted by Gasteiger charge is -2.25. The summed E-state index contributed by atoms with van der Waals surface area (Å²) in [5.41, 5.74) is 0.912. The number of nitrogens with one attached hydrogen (secondary N) is 1. The van der Waals surface area contributed by atoms with E-state index in [2.05, 4.69) is 10.3 Å². The summed E-state index contributed by atoms with van der Waals surface area (Å²) >= 11 is 0. The molecule has 1 fully saturated rings. The van der Waals surface area contributed by atoms with E-state index in [1.165, 1.54) is 0 Å². The number of rotatable bonds is 6. The number of aliphatic hydroxyl groups excluding tert-OH is 1. The predicted molar refractivity (Wildman–Crippen MR) is 72.6 cm³/mol. The smallest absolute Gasteiger partial charge is 0.227 e. The van der Waals surface area contributed by atoms with Gasteiger partial charge in [-0.05, 0) is 31.0 Å². The molecule has 2 N–H and O–H groups in total. The highest BCUT2D eigenvalue weighted by atomic mass is 16.3. The van der Waals surface area contributed by atoms with Crippen molar-refractivity contribution >= 4 is 5.91 Å². The summed E-state index contributed by atoms with van der Waals surface area (Å²) in [6, 6.07) is 4.09. The molecule has 0 aliphatic carbocycles. The normalized spacial score (nSPS) is 18.5. The third-order valence-corrected chi connectivity index (χ3v) is 3.40. The van der Waals surface area contributed by atoms with E-state index in [-0.39, 0.29) is 12.5 Å². The van der Waals surface area contributed by atoms with Crippen LogP contribution in [0.5, 0.6) is 0 Å². The van der Waals surface area contributed by atoms with Gasteiger partial charge in [-0.2, -0.15) is 0 Å². The summed E-state index contributed by atoms with van der Waals surface area (Å²) in [5, 5.41) is 12.5. The molecular weight excluding hydrogens is 242 g/mol. The van der Waals surface area contributed by atoms with Crippen molar-refractivity contribution in [1.29, 1.82) is 0 Å². The number of hydrogen-bond acceptors (Lipinski definition) is 4. The van der Waals surface area contributed by atoms with Crippen LogP contribution in [0.15, 0.2) is 24.5 Å². The highest BCUT2D eigenvalue weighted by Crippen LogP contribution is 2.08. The standard InChI is InChI=1S/C14H21N3O2/c18-8-7-17(11-13-4-2-6-16-13)14(19)9-12-3-1-5-15-10-12/h1,3,5,10,13,16,18H,2,4,6-9,11H2. The summed E-state index contributed by atoms with van der Waals surface area (Å²) in [4.78, 5) is 18.0. The Morgan fingerprint density at radius 3 is 3.11 bits per heavy atom. The van der Waals surface area contributed by atoms with Gasteiger partial charge in [-0.3, -0.25) is 9.78 Å². The van der Waals surface area contributed by atoms with Crippen molar-refractivity contribution in [2.45, 2.75) is 25.3 Å². The van der Waals surface area contributed by atoms with Crippen molar-refractivity contribution in [2.24, 2.45) is 0 Å². The average molecular weight is 263 g/mol. The van der Waals surface area contributed by atoms with Crippen molar-refractivity contribution in [3.8, 4) is 0 Å². The summed E-state index contributed by atoms with van der Waals surface area (Å²) in [7, 11) is 0. The van der Waals surface area contributed by atoms with Gasteiger partial charge in [0.25, 0.3) is 0 Å². The van der Waals surface area contributed by atoms with Gasteiger partial charge in [0.05, 0.1) is 13.0 Å². The number of hydrogen-bond donors (Lipinski definition) is 2. The van der Waals surface area contributed by atoms with E-state index in [0.29, 0.717) is 25.6 Å². The van der Waals surface area contributed by atoms with Gasteiger partial charge in [0, 0.05) is 31.5 Å². The Balaban J connectivity index is 1.91. The van der Waals surface area contributed by atoms with Crippen LogP contribution in [0.2, 0.25) is 0 Å². The number of carbonyl (C=O) groups excluding carboxylic acids is 1. The van der Waals surface area contributed by atoms with Gasteiger partial charge >= 0.3 is 0 Å². The maximum absolute atomic E-state index is 12.2. The third-order valence-electron chi connectivity index (χ3n) is 3.40. The van der Waals surface area contributed by atoms with E-state index in [9.17, 15) is 4.79 Å². The number of amides is 1. The molecule has 1 amide bonds. The number of nitrogens with zero attached hydrogens (tertiary/aromatic N) is 2. The molecule has 0 bridgehead atoms. The number of aromatic nitrogens is 1. The molecule has 0 spiro atoms. The third kappa shape index (κ3) is 4.29. The zero-order valence-corrected chi connectivity index (χ0v) is 11.1. The highest BCUT2D eigenvalue weighted by Gasteiger charge is 2.21. The fraction of sp³-hybridized carbons (Fsp3) is 0.571. The minimum atomic E-state index is 0.00546. The second-order valence-corrected chi connectivity index (χ2v) is 4.89. The largest absolute Gasteiger partial charge is 0.395 e. The first kappa shape index (κ1) is 14.0. The van der Waals surface area contributed by atoms with Gasteiger partial charge in [-0.1, -0.05) is 6.07 Å². The Hall–Kier alpha value is -1.46. The fourth-order valence-electron chi connectivity index (χ4n) is 2.41. The lowest BCUT2D eigenvalue weighted by atomic mass is 10.1. The van der Waals surface area contributed by atoms with Crippen molar-refractivity contribution in [1.82, 2.24) is 15.2 Å². The van der Waals surface area contributed by atoms with Gasteiger partial charge in [0.1, 0.15) is 0 Å². The van der Waals surface area contributed by atoms with E-state index in [0.717, 1.165) is 24.9 Å². The molecule has 2 heterocycles. The van der Waals surface area contributed by atoms with E-state index in [1.54, 1.807) is 17.3 Å². The molecule has 1 aromatic rings. The van der Waals surface area contributed by atoms with Crippen molar-refractivity contribution in [3.63, 3.8) is 0 Å². The van der Waals surface area contributed by atoms with E-state index in [4.69, 9.17) is 5.11 Å². The summed E-state index contributed by atoms with van der Waals surface area (Å²) in [6.07, 6.45) is 6.02. The second kappa shape index (κ2) is 7.21. The van der Waals surface area contributed by atoms with Crippen LogP contribution in [-0.4, -0.2) is 53.2 Å². The van der Waals surface area contributed by atoms with Gasteiger partial charge in [-0.15, -0.1) is 0 Å². The summed E-state index contributed by atoms with van der Waals surface area (Å²) in [6.45, 7) is 2.11. The fourth-order valence-corrected chi connectivity index (χ4v) is 2.41. The molecule has 2 rings (SSSR count). The Morgan fingerprint density at radius 1 is 1.58 bits per heavy atom. The second-order valence-electron chi connectivity index (χ2n) is 4.89. The van der Waals surface area contributed by atoms with Crippen LogP contribution in [0.25, 0.3) is 0 Å². The Kier molecular flexibility index (Phi) is 5.30. The molecule has 19 heavy (non-hydrogen) atoms. The van der Waals surface area contributed by atoms with Crippen LogP contribution in [-0.2, 0) is 11.2 Å². The minimum Gasteiger partial charge on any atom is -0.395 e. The molecule has 0 radical (unpaired) electrons. The van der Waals surface area contributed by atoms with Crippen LogP contribution >= 0.6 is 0 Å². The molecule has 0 saturated carbocycles. The molecule has 5 heteroatoms. The lowest BCUT2D eigenvalue weighted by Crippen LogP contribution is -2.43. The Bertz CT molecular complexity index is 391. The molecule has 1 aliphatic rings. The molecule has 5 nitrogen and oxygen atoms in total. The molecule has 1 aromatic heterocycles. The van der Waals surface area contributed by atoms with Crippen LogP contribution in [0.1, 0.15) is 18.4 Å². The predicted octanol–water partition coefficient (Wildman–Crippen LogP) is 0.197. The van der Waals surface area contributed by atoms with Crippen molar-refractivity contribution < 1.29 is 9.90 Å². The first-order valence-electron chi connectivity index (χ1n) is 6.80. The monoisotopic (exact) mass is 263 g/mol. The van der Waals surface area contributed by atoms with Gasteiger partial charge in [0.2, 0.25) is 5.91 Å². The van der Waals surface area contributed by atoms with Crippen LogP contribution < -0.4 is 5.32 Å². The lowest BCUT2D eigenvalue weighted by molar-refractivity contribution is -0.131. The molecular formula is C14H21N3O2. The van der Waals surface area contributed by atoms with Gasteiger partial charge in [0.15, 0.2) is 0 Å². The maximum Gasteiger partial charge on any atom is 0.227 e. The zero-order chi connectivity index (χ0) is 13.5. The summed E-state index contributed by atoms with van der Waals surface area (Å²) < 4.78 is 0. The van der Waals surface area contributed by atoms with Crippen molar-refractivity contribution in [2.75, 3.05) is 26.2 Å². The first-order valence-corrected chi connectivity index (χ1v) is 6.80. The average Bonchev–Trinajstić information content (AvgIpc) is 2.92. The minimum absolute atomic E-state index is 0.00546. The highest BCUT2D eigenvalue weighted by molar-refractivity contribution is 5.78. The maximum atomic E-state index is 12.2. The van der Waals surface area contributed by atoms with Gasteiger partial charge in [-0.25, -0.2) is 0 Å². The SMILES string of the molecule is O=C(Cc1cccnc1)N(CCO)CC1CCCN1. The van der Waals surface area contributed by atoms with Crippen molar-refractivity contribution in [3.05, 3.63) is 30.1 Å². The van der Waals surface area contributed by atoms with E-state index < -0.39 is 0 Å². The van der Waals surface area contributed by atoms with Crippen LogP contribution in [0.3, 0.4) is 0 Å². The first-order chi connectivity index (χ1) is 9.29. The van der Waals surface area contributed by atoms with Crippen LogP contribution in [0, 0.1) is 0 Å². The van der Waals surface area contributed by atoms with Crippen LogP contribution in [0.4, 0.5) is 0 Å². The summed E-state index contributed by atoms with van der Waals surface area (Å²) in [5.74, 6) is 0.0516. The topological polar surface area (TPSA) is 65.5 Å². The number of carbonyl (C=O) groups is 1. The quantitative estimate of drug-likeness (QED) is 0.769. The Labute approximate surface area is 113 Å². The number of aliphatic hydroxyl groups is 1. The number of pyridine rings is 1.